The lowest BCUT2D eigenvalue weighted by Crippen LogP contribution is -2.21. The number of nitrogens with zero attached hydrogens (tertiary/aromatic N) is 2. The summed E-state index contributed by atoms with van der Waals surface area (Å²) < 4.78 is 2.86. The SMILES string of the molecule is CCc1nn(C)c(CC(C)C(C)C(=O)O)c1Br. The van der Waals surface area contributed by atoms with Gasteiger partial charge in [-0.15, -0.1) is 0 Å². The average molecular weight is 303 g/mol. The Morgan fingerprint density at radius 1 is 1.53 bits per heavy atom. The Kier molecular flexibility index (Phi) is 4.74. The zero-order chi connectivity index (χ0) is 13.2. The standard InChI is InChI=1S/C12H19BrN2O2/c1-5-9-11(13)10(15(4)14-9)6-7(2)8(3)12(16)17/h7-8H,5-6H2,1-4H3,(H,16,17). The largest absolute Gasteiger partial charge is 0.481 e. The summed E-state index contributed by atoms with van der Waals surface area (Å²) in [6.45, 7) is 5.77. The molecule has 2 unspecified atom stereocenters. The number of carbonyl (C=O) groups is 1. The molecule has 1 aromatic heterocycles. The molecular weight excluding hydrogens is 284 g/mol. The lowest BCUT2D eigenvalue weighted by Gasteiger charge is -2.16. The van der Waals surface area contributed by atoms with Crippen LogP contribution < -0.4 is 0 Å². The highest BCUT2D eigenvalue weighted by atomic mass is 79.9. The maximum absolute atomic E-state index is 10.9. The molecule has 0 aromatic carbocycles. The van der Waals surface area contributed by atoms with Crippen molar-refractivity contribution < 1.29 is 9.90 Å². The van der Waals surface area contributed by atoms with Crippen LogP contribution in [-0.2, 0) is 24.7 Å². The summed E-state index contributed by atoms with van der Waals surface area (Å²) >= 11 is 3.55. The second-order valence-electron chi connectivity index (χ2n) is 4.49. The molecule has 17 heavy (non-hydrogen) atoms. The van der Waals surface area contributed by atoms with E-state index in [0.717, 1.165) is 28.7 Å². The Hall–Kier alpha value is -0.840. The van der Waals surface area contributed by atoms with Crippen molar-refractivity contribution >= 4 is 21.9 Å². The predicted octanol–water partition coefficient (Wildman–Crippen LogP) is 2.64. The fourth-order valence-electron chi connectivity index (χ4n) is 1.77. The van der Waals surface area contributed by atoms with Gasteiger partial charge in [0.15, 0.2) is 0 Å². The number of aryl methyl sites for hydroxylation is 2. The van der Waals surface area contributed by atoms with E-state index in [1.807, 2.05) is 18.7 Å². The molecule has 0 amide bonds. The summed E-state index contributed by atoms with van der Waals surface area (Å²) in [5.74, 6) is -1.00. The van der Waals surface area contributed by atoms with Gasteiger partial charge in [-0.3, -0.25) is 9.48 Å². The predicted molar refractivity (Wildman–Crippen MR) is 70.0 cm³/mol. The van der Waals surface area contributed by atoms with Crippen LogP contribution in [0.1, 0.15) is 32.2 Å². The maximum atomic E-state index is 10.9. The van der Waals surface area contributed by atoms with E-state index < -0.39 is 5.97 Å². The van der Waals surface area contributed by atoms with Crippen LogP contribution in [0.5, 0.6) is 0 Å². The van der Waals surface area contributed by atoms with Gasteiger partial charge in [-0.05, 0) is 34.7 Å². The van der Waals surface area contributed by atoms with E-state index in [1.165, 1.54) is 0 Å². The molecule has 0 fully saturated rings. The van der Waals surface area contributed by atoms with Crippen molar-refractivity contribution in [1.82, 2.24) is 9.78 Å². The summed E-state index contributed by atoms with van der Waals surface area (Å²) in [6, 6.07) is 0. The van der Waals surface area contributed by atoms with Crippen molar-refractivity contribution in [2.75, 3.05) is 0 Å². The van der Waals surface area contributed by atoms with Gasteiger partial charge < -0.3 is 5.11 Å². The summed E-state index contributed by atoms with van der Waals surface area (Å²) in [5, 5.41) is 13.4. The number of hydrogen-bond donors (Lipinski definition) is 1. The average Bonchev–Trinajstić information content (AvgIpc) is 2.55. The van der Waals surface area contributed by atoms with Crippen LogP contribution in [0, 0.1) is 11.8 Å². The fraction of sp³-hybridized carbons (Fsp3) is 0.667. The van der Waals surface area contributed by atoms with Crippen molar-refractivity contribution in [3.05, 3.63) is 15.9 Å². The molecule has 1 aromatic rings. The first kappa shape index (κ1) is 14.2. The molecule has 5 heteroatoms. The molecule has 0 saturated carbocycles. The van der Waals surface area contributed by atoms with Crippen LogP contribution in [0.25, 0.3) is 0 Å². The van der Waals surface area contributed by atoms with E-state index in [2.05, 4.69) is 28.0 Å². The van der Waals surface area contributed by atoms with Crippen LogP contribution >= 0.6 is 15.9 Å². The molecule has 1 heterocycles. The molecule has 0 spiro atoms. The molecular formula is C12H19BrN2O2. The summed E-state index contributed by atoms with van der Waals surface area (Å²) in [4.78, 5) is 10.9. The highest BCUT2D eigenvalue weighted by Gasteiger charge is 2.23. The summed E-state index contributed by atoms with van der Waals surface area (Å²) in [6.07, 6.45) is 1.59. The van der Waals surface area contributed by atoms with Crippen molar-refractivity contribution in [3.63, 3.8) is 0 Å². The molecule has 0 aliphatic rings. The van der Waals surface area contributed by atoms with Gasteiger partial charge in [0.1, 0.15) is 0 Å². The Morgan fingerprint density at radius 2 is 2.12 bits per heavy atom. The van der Waals surface area contributed by atoms with E-state index >= 15 is 0 Å². The van der Waals surface area contributed by atoms with Gasteiger partial charge in [-0.2, -0.15) is 5.10 Å². The van der Waals surface area contributed by atoms with Gasteiger partial charge in [0.05, 0.1) is 21.8 Å². The maximum Gasteiger partial charge on any atom is 0.306 e. The van der Waals surface area contributed by atoms with Crippen LogP contribution in [0.2, 0.25) is 0 Å². The minimum atomic E-state index is -0.744. The molecule has 2 atom stereocenters. The number of aliphatic carboxylic acids is 1. The van der Waals surface area contributed by atoms with Crippen LogP contribution in [0.15, 0.2) is 4.47 Å². The zero-order valence-electron chi connectivity index (χ0n) is 10.7. The first-order chi connectivity index (χ1) is 7.88. The molecule has 1 rings (SSSR count). The van der Waals surface area contributed by atoms with Gasteiger partial charge in [-0.25, -0.2) is 0 Å². The van der Waals surface area contributed by atoms with E-state index in [4.69, 9.17) is 5.11 Å². The zero-order valence-corrected chi connectivity index (χ0v) is 12.3. The molecule has 0 aliphatic heterocycles. The quantitative estimate of drug-likeness (QED) is 0.910. The fourth-order valence-corrected chi connectivity index (χ4v) is 2.54. The lowest BCUT2D eigenvalue weighted by molar-refractivity contribution is -0.142. The summed E-state index contributed by atoms with van der Waals surface area (Å²) in [5.41, 5.74) is 2.10. The van der Waals surface area contributed by atoms with Gasteiger partial charge in [0.2, 0.25) is 0 Å². The van der Waals surface area contributed by atoms with Crippen molar-refractivity contribution in [1.29, 1.82) is 0 Å². The Morgan fingerprint density at radius 3 is 2.53 bits per heavy atom. The topological polar surface area (TPSA) is 55.1 Å². The van der Waals surface area contributed by atoms with Crippen molar-refractivity contribution in [2.24, 2.45) is 18.9 Å². The lowest BCUT2D eigenvalue weighted by atomic mass is 9.91. The third-order valence-corrected chi connectivity index (χ3v) is 4.18. The number of aromatic nitrogens is 2. The Bertz CT molecular complexity index is 415. The number of carboxylic acid groups (broad SMARTS) is 1. The highest BCUT2D eigenvalue weighted by molar-refractivity contribution is 9.10. The molecule has 1 N–H and O–H groups in total. The number of rotatable bonds is 5. The molecule has 0 aliphatic carbocycles. The first-order valence-electron chi connectivity index (χ1n) is 5.81. The van der Waals surface area contributed by atoms with E-state index in [9.17, 15) is 4.79 Å². The van der Waals surface area contributed by atoms with Gasteiger partial charge in [0, 0.05) is 7.05 Å². The van der Waals surface area contributed by atoms with Crippen molar-refractivity contribution in [2.45, 2.75) is 33.6 Å². The molecule has 0 radical (unpaired) electrons. The normalized spacial score (nSPS) is 14.6. The van der Waals surface area contributed by atoms with Gasteiger partial charge in [0.25, 0.3) is 0 Å². The molecule has 4 nitrogen and oxygen atoms in total. The second-order valence-corrected chi connectivity index (χ2v) is 5.29. The second kappa shape index (κ2) is 5.67. The van der Waals surface area contributed by atoms with Gasteiger partial charge in [-0.1, -0.05) is 20.8 Å². The van der Waals surface area contributed by atoms with Crippen LogP contribution in [0.4, 0.5) is 0 Å². The Labute approximate surface area is 110 Å². The smallest absolute Gasteiger partial charge is 0.306 e. The Balaban J connectivity index is 2.88. The van der Waals surface area contributed by atoms with E-state index in [-0.39, 0.29) is 11.8 Å². The third kappa shape index (κ3) is 3.09. The molecule has 0 bridgehead atoms. The molecule has 0 saturated heterocycles. The minimum Gasteiger partial charge on any atom is -0.481 e. The summed E-state index contributed by atoms with van der Waals surface area (Å²) in [7, 11) is 1.90. The van der Waals surface area contributed by atoms with Crippen LogP contribution in [0.3, 0.4) is 0 Å². The number of carboxylic acids is 1. The first-order valence-corrected chi connectivity index (χ1v) is 6.60. The monoisotopic (exact) mass is 302 g/mol. The molecule has 96 valence electrons. The minimum absolute atomic E-state index is 0.0870. The third-order valence-electron chi connectivity index (χ3n) is 3.26. The van der Waals surface area contributed by atoms with Gasteiger partial charge >= 0.3 is 5.97 Å². The number of halogens is 1. The van der Waals surface area contributed by atoms with Crippen molar-refractivity contribution in [3.8, 4) is 0 Å². The van der Waals surface area contributed by atoms with Crippen LogP contribution in [-0.4, -0.2) is 20.9 Å². The highest BCUT2D eigenvalue weighted by Crippen LogP contribution is 2.26. The van der Waals surface area contributed by atoms with E-state index in [0.29, 0.717) is 0 Å². The van der Waals surface area contributed by atoms with E-state index in [1.54, 1.807) is 6.92 Å². The number of hydrogen-bond acceptors (Lipinski definition) is 2.